The van der Waals surface area contributed by atoms with E-state index in [-0.39, 0.29) is 0 Å². The van der Waals surface area contributed by atoms with Crippen LogP contribution in [0.5, 0.6) is 0 Å². The quantitative estimate of drug-likeness (QED) is 0.781. The Hall–Kier alpha value is -0.0800. The monoisotopic (exact) mass is 226 g/mol. The van der Waals surface area contributed by atoms with Crippen molar-refractivity contribution >= 4 is 0 Å². The molecule has 1 aliphatic rings. The zero-order valence-electron chi connectivity index (χ0n) is 11.8. The van der Waals surface area contributed by atoms with Gasteiger partial charge in [-0.15, -0.1) is 0 Å². The molecule has 1 fully saturated rings. The smallest absolute Gasteiger partial charge is 0.0131 e. The van der Waals surface area contributed by atoms with Crippen molar-refractivity contribution in [1.29, 1.82) is 0 Å². The fraction of sp³-hybridized carbons (Fsp3) is 1.00. The molecule has 2 N–H and O–H groups in total. The Balaban J connectivity index is 2.54. The summed E-state index contributed by atoms with van der Waals surface area (Å²) in [5.74, 6) is 0.698. The largest absolute Gasteiger partial charge is 0.327 e. The molecule has 2 heteroatoms. The highest BCUT2D eigenvalue weighted by molar-refractivity contribution is 4.95. The normalized spacial score (nSPS) is 30.9. The topological polar surface area (TPSA) is 29.3 Å². The van der Waals surface area contributed by atoms with Gasteiger partial charge in [-0.05, 0) is 44.1 Å². The fourth-order valence-corrected chi connectivity index (χ4v) is 2.93. The van der Waals surface area contributed by atoms with Crippen LogP contribution in [0.25, 0.3) is 0 Å². The van der Waals surface area contributed by atoms with Gasteiger partial charge in [-0.2, -0.15) is 0 Å². The molecule has 0 amide bonds. The molecule has 1 rings (SSSR count). The second-order valence-corrected chi connectivity index (χ2v) is 6.16. The Bertz CT molecular complexity index is 213. The first-order valence-electron chi connectivity index (χ1n) is 6.92. The maximum atomic E-state index is 6.37. The molecule has 16 heavy (non-hydrogen) atoms. The second-order valence-electron chi connectivity index (χ2n) is 6.16. The summed E-state index contributed by atoms with van der Waals surface area (Å²) in [6.45, 7) is 13.8. The van der Waals surface area contributed by atoms with E-state index in [2.05, 4.69) is 39.5 Å². The summed E-state index contributed by atoms with van der Waals surface area (Å²) in [6, 6.07) is 1.08. The van der Waals surface area contributed by atoms with E-state index >= 15 is 0 Å². The van der Waals surface area contributed by atoms with Crippen molar-refractivity contribution in [2.45, 2.75) is 66.0 Å². The van der Waals surface area contributed by atoms with Gasteiger partial charge in [0, 0.05) is 18.6 Å². The average Bonchev–Trinajstić information content (AvgIpc) is 2.51. The van der Waals surface area contributed by atoms with Crippen LogP contribution in [0.2, 0.25) is 0 Å². The third-order valence-electron chi connectivity index (χ3n) is 4.66. The minimum Gasteiger partial charge on any atom is -0.327 e. The van der Waals surface area contributed by atoms with Gasteiger partial charge in [-0.3, -0.25) is 0 Å². The van der Waals surface area contributed by atoms with Crippen LogP contribution in [0.3, 0.4) is 0 Å². The van der Waals surface area contributed by atoms with Crippen LogP contribution in [0.15, 0.2) is 0 Å². The van der Waals surface area contributed by atoms with E-state index in [4.69, 9.17) is 5.73 Å². The Morgan fingerprint density at radius 2 is 2.00 bits per heavy atom. The van der Waals surface area contributed by atoms with E-state index in [0.29, 0.717) is 23.4 Å². The van der Waals surface area contributed by atoms with Crippen LogP contribution in [-0.2, 0) is 0 Å². The molecule has 0 bridgehead atoms. The lowest BCUT2D eigenvalue weighted by molar-refractivity contribution is 0.166. The Labute approximate surface area is 102 Å². The van der Waals surface area contributed by atoms with Crippen molar-refractivity contribution in [1.82, 2.24) is 4.90 Å². The third-order valence-corrected chi connectivity index (χ3v) is 4.66. The molecule has 0 spiro atoms. The van der Waals surface area contributed by atoms with Crippen LogP contribution in [0, 0.1) is 11.3 Å². The summed E-state index contributed by atoms with van der Waals surface area (Å²) in [4.78, 5) is 2.59. The molecule has 0 radical (unpaired) electrons. The molecule has 3 atom stereocenters. The van der Waals surface area contributed by atoms with Gasteiger partial charge in [0.05, 0.1) is 0 Å². The lowest BCUT2D eigenvalue weighted by Crippen LogP contribution is -2.44. The summed E-state index contributed by atoms with van der Waals surface area (Å²) in [5, 5.41) is 0. The molecule has 0 aliphatic heterocycles. The SMILES string of the molecule is CCC(C)N(CC)CC1CCC(C)(C)C1N. The third kappa shape index (κ3) is 2.98. The molecular weight excluding hydrogens is 196 g/mol. The van der Waals surface area contributed by atoms with E-state index in [9.17, 15) is 0 Å². The van der Waals surface area contributed by atoms with Crippen molar-refractivity contribution in [2.24, 2.45) is 17.1 Å². The van der Waals surface area contributed by atoms with Crippen molar-refractivity contribution < 1.29 is 0 Å². The Morgan fingerprint density at radius 1 is 1.38 bits per heavy atom. The van der Waals surface area contributed by atoms with E-state index in [1.165, 1.54) is 25.8 Å². The van der Waals surface area contributed by atoms with Crippen LogP contribution in [-0.4, -0.2) is 30.1 Å². The molecule has 0 heterocycles. The molecule has 0 aromatic heterocycles. The van der Waals surface area contributed by atoms with E-state index < -0.39 is 0 Å². The van der Waals surface area contributed by atoms with Gasteiger partial charge < -0.3 is 10.6 Å². The molecule has 0 aromatic carbocycles. The first-order valence-corrected chi connectivity index (χ1v) is 6.92. The summed E-state index contributed by atoms with van der Waals surface area (Å²) >= 11 is 0. The summed E-state index contributed by atoms with van der Waals surface area (Å²) in [5.41, 5.74) is 6.72. The molecule has 0 saturated heterocycles. The van der Waals surface area contributed by atoms with Crippen molar-refractivity contribution in [2.75, 3.05) is 13.1 Å². The molecule has 1 aliphatic carbocycles. The van der Waals surface area contributed by atoms with Gasteiger partial charge in [-0.25, -0.2) is 0 Å². The molecular formula is C14H30N2. The number of nitrogens with zero attached hydrogens (tertiary/aromatic N) is 1. The van der Waals surface area contributed by atoms with Gasteiger partial charge in [-0.1, -0.05) is 27.7 Å². The lowest BCUT2D eigenvalue weighted by Gasteiger charge is -2.33. The van der Waals surface area contributed by atoms with Gasteiger partial charge in [0.2, 0.25) is 0 Å². The summed E-state index contributed by atoms with van der Waals surface area (Å²) in [6.07, 6.45) is 3.83. The highest BCUT2D eigenvalue weighted by Gasteiger charge is 2.39. The Morgan fingerprint density at radius 3 is 2.38 bits per heavy atom. The number of hydrogen-bond donors (Lipinski definition) is 1. The summed E-state index contributed by atoms with van der Waals surface area (Å²) in [7, 11) is 0. The minimum atomic E-state index is 0.347. The Kier molecular flexibility index (Phi) is 4.81. The van der Waals surface area contributed by atoms with E-state index in [0.717, 1.165) is 6.54 Å². The lowest BCUT2D eigenvalue weighted by atomic mass is 9.85. The van der Waals surface area contributed by atoms with Crippen LogP contribution in [0.4, 0.5) is 0 Å². The second kappa shape index (κ2) is 5.50. The minimum absolute atomic E-state index is 0.347. The van der Waals surface area contributed by atoms with Crippen molar-refractivity contribution in [3.8, 4) is 0 Å². The first kappa shape index (κ1) is 14.0. The average molecular weight is 226 g/mol. The molecule has 96 valence electrons. The number of nitrogens with two attached hydrogens (primary N) is 1. The molecule has 0 aromatic rings. The number of hydrogen-bond acceptors (Lipinski definition) is 2. The fourth-order valence-electron chi connectivity index (χ4n) is 2.93. The van der Waals surface area contributed by atoms with Gasteiger partial charge >= 0.3 is 0 Å². The zero-order chi connectivity index (χ0) is 12.3. The first-order chi connectivity index (χ1) is 7.42. The van der Waals surface area contributed by atoms with Crippen LogP contribution in [0.1, 0.15) is 53.9 Å². The van der Waals surface area contributed by atoms with E-state index in [1.54, 1.807) is 0 Å². The predicted molar refractivity (Wildman–Crippen MR) is 71.5 cm³/mol. The molecule has 3 unspecified atom stereocenters. The van der Waals surface area contributed by atoms with Crippen molar-refractivity contribution in [3.63, 3.8) is 0 Å². The number of rotatable bonds is 5. The highest BCUT2D eigenvalue weighted by atomic mass is 15.1. The van der Waals surface area contributed by atoms with Gasteiger partial charge in [0.15, 0.2) is 0 Å². The molecule has 1 saturated carbocycles. The van der Waals surface area contributed by atoms with E-state index in [1.807, 2.05) is 0 Å². The zero-order valence-corrected chi connectivity index (χ0v) is 11.8. The van der Waals surface area contributed by atoms with Crippen molar-refractivity contribution in [3.05, 3.63) is 0 Å². The van der Waals surface area contributed by atoms with Gasteiger partial charge in [0.1, 0.15) is 0 Å². The summed E-state index contributed by atoms with van der Waals surface area (Å²) < 4.78 is 0. The predicted octanol–water partition coefficient (Wildman–Crippen LogP) is 2.87. The molecule has 2 nitrogen and oxygen atoms in total. The van der Waals surface area contributed by atoms with Crippen LogP contribution < -0.4 is 5.73 Å². The maximum Gasteiger partial charge on any atom is 0.0131 e. The van der Waals surface area contributed by atoms with Gasteiger partial charge in [0.25, 0.3) is 0 Å². The maximum absolute atomic E-state index is 6.37. The highest BCUT2D eigenvalue weighted by Crippen LogP contribution is 2.40. The van der Waals surface area contributed by atoms with Crippen LogP contribution >= 0.6 is 0 Å². The standard InChI is InChI=1S/C14H30N2/c1-6-11(3)16(7-2)10-12-8-9-14(4,5)13(12)15/h11-13H,6-10,15H2,1-5H3.